The number of esters is 1. The molecule has 0 unspecified atom stereocenters. The molecule has 0 saturated carbocycles. The van der Waals surface area contributed by atoms with Crippen molar-refractivity contribution in [1.29, 1.82) is 0 Å². The van der Waals surface area contributed by atoms with Crippen molar-refractivity contribution in [2.45, 2.75) is 6.92 Å². The Labute approximate surface area is 143 Å². The van der Waals surface area contributed by atoms with Crippen molar-refractivity contribution in [3.05, 3.63) is 64.7 Å². The van der Waals surface area contributed by atoms with Crippen molar-refractivity contribution >= 4 is 17.8 Å². The van der Waals surface area contributed by atoms with E-state index in [2.05, 4.69) is 0 Å². The number of carbonyl (C=O) groups is 2. The van der Waals surface area contributed by atoms with Gasteiger partial charge in [0.25, 0.3) is 0 Å². The Morgan fingerprint density at radius 3 is 2.64 bits per heavy atom. The number of rotatable bonds is 4. The van der Waals surface area contributed by atoms with Gasteiger partial charge in [0.2, 0.25) is 5.78 Å². The molecule has 2 aromatic rings. The number of ether oxygens (including phenoxy) is 3. The third-order valence-electron chi connectivity index (χ3n) is 3.61. The van der Waals surface area contributed by atoms with Crippen LogP contribution in [0.1, 0.15) is 21.5 Å². The van der Waals surface area contributed by atoms with Crippen LogP contribution in [-0.2, 0) is 9.53 Å². The molecule has 0 N–H and O–H groups in total. The number of allylic oxidation sites excluding steroid dienone is 1. The third kappa shape index (κ3) is 3.59. The quantitative estimate of drug-likeness (QED) is 0.485. The number of hydrogen-bond acceptors (Lipinski definition) is 5. The molecule has 0 aliphatic carbocycles. The zero-order valence-electron chi connectivity index (χ0n) is 13.7. The molecule has 0 spiro atoms. The Kier molecular flexibility index (Phi) is 4.63. The fourth-order valence-electron chi connectivity index (χ4n) is 2.53. The van der Waals surface area contributed by atoms with Crippen molar-refractivity contribution in [2.24, 2.45) is 0 Å². The second-order valence-corrected chi connectivity index (χ2v) is 5.51. The van der Waals surface area contributed by atoms with Gasteiger partial charge >= 0.3 is 5.97 Å². The molecule has 1 heterocycles. The van der Waals surface area contributed by atoms with Crippen LogP contribution in [0.5, 0.6) is 11.5 Å². The number of methoxy groups -OCH3 is 1. The summed E-state index contributed by atoms with van der Waals surface area (Å²) in [6.45, 7) is 1.56. The van der Waals surface area contributed by atoms with Crippen molar-refractivity contribution in [1.82, 2.24) is 0 Å². The monoisotopic (exact) mass is 342 g/mol. The van der Waals surface area contributed by atoms with E-state index in [1.54, 1.807) is 25.1 Å². The first kappa shape index (κ1) is 16.9. The molecule has 128 valence electrons. The topological polar surface area (TPSA) is 61.8 Å². The molecule has 0 amide bonds. The molecular weight excluding hydrogens is 327 g/mol. The van der Waals surface area contributed by atoms with Crippen LogP contribution < -0.4 is 9.47 Å². The Hall–Kier alpha value is -2.99. The lowest BCUT2D eigenvalue weighted by atomic mass is 10.0. The molecule has 6 heteroatoms. The average molecular weight is 342 g/mol. The maximum Gasteiger partial charge on any atom is 0.337 e. The number of hydrogen-bond donors (Lipinski definition) is 0. The van der Waals surface area contributed by atoms with Gasteiger partial charge in [0.05, 0.1) is 5.56 Å². The summed E-state index contributed by atoms with van der Waals surface area (Å²) in [5.74, 6) is -0.458. The first-order valence-electron chi connectivity index (χ1n) is 7.52. The molecular formula is C19H15FO5. The van der Waals surface area contributed by atoms with Gasteiger partial charge in [0.15, 0.2) is 5.76 Å². The zero-order chi connectivity index (χ0) is 18.0. The molecule has 0 fully saturated rings. The van der Waals surface area contributed by atoms with Gasteiger partial charge in [-0.2, -0.15) is 0 Å². The van der Waals surface area contributed by atoms with Crippen molar-refractivity contribution in [3.63, 3.8) is 0 Å². The van der Waals surface area contributed by atoms with E-state index in [4.69, 9.17) is 14.2 Å². The van der Waals surface area contributed by atoms with E-state index in [0.717, 1.165) is 0 Å². The molecule has 1 aliphatic rings. The number of aryl methyl sites for hydroxylation is 1. The highest BCUT2D eigenvalue weighted by molar-refractivity contribution is 6.15. The minimum atomic E-state index is -0.548. The molecule has 0 aromatic heterocycles. The summed E-state index contributed by atoms with van der Waals surface area (Å²) in [6, 6.07) is 8.78. The van der Waals surface area contributed by atoms with E-state index in [0.29, 0.717) is 22.4 Å². The SMILES string of the molecule is COCC(=O)Oc1cc(C)c2c(c1)O/C(=C\c1ccc(F)cc1)C2=O. The van der Waals surface area contributed by atoms with Gasteiger partial charge in [-0.15, -0.1) is 0 Å². The Morgan fingerprint density at radius 2 is 1.96 bits per heavy atom. The van der Waals surface area contributed by atoms with Crippen LogP contribution in [0, 0.1) is 12.7 Å². The largest absolute Gasteiger partial charge is 0.452 e. The standard InChI is InChI=1S/C19H15FO5/c1-11-7-14(24-17(21)10-23-2)9-15-18(11)19(22)16(25-15)8-12-3-5-13(20)6-4-12/h3-9H,10H2,1-2H3/b16-8-. The molecule has 1 aliphatic heterocycles. The second-order valence-electron chi connectivity index (χ2n) is 5.51. The molecule has 5 nitrogen and oxygen atoms in total. The van der Waals surface area contributed by atoms with Crippen LogP contribution in [0.3, 0.4) is 0 Å². The maximum absolute atomic E-state index is 13.0. The van der Waals surface area contributed by atoms with Crippen LogP contribution >= 0.6 is 0 Å². The smallest absolute Gasteiger partial charge is 0.337 e. The van der Waals surface area contributed by atoms with Crippen LogP contribution in [0.2, 0.25) is 0 Å². The summed E-state index contributed by atoms with van der Waals surface area (Å²) in [7, 11) is 1.39. The summed E-state index contributed by atoms with van der Waals surface area (Å²) in [5, 5.41) is 0. The molecule has 0 atom stereocenters. The highest BCUT2D eigenvalue weighted by atomic mass is 19.1. The lowest BCUT2D eigenvalue weighted by molar-refractivity contribution is -0.138. The number of Topliss-reactive ketones (excluding diaryl/α,β-unsaturated/α-hetero) is 1. The van der Waals surface area contributed by atoms with Crippen LogP contribution in [-0.4, -0.2) is 25.5 Å². The molecule has 25 heavy (non-hydrogen) atoms. The third-order valence-corrected chi connectivity index (χ3v) is 3.61. The lowest BCUT2D eigenvalue weighted by Gasteiger charge is -2.07. The fourth-order valence-corrected chi connectivity index (χ4v) is 2.53. The van der Waals surface area contributed by atoms with Gasteiger partial charge < -0.3 is 14.2 Å². The van der Waals surface area contributed by atoms with E-state index < -0.39 is 5.97 Å². The fraction of sp³-hybridized carbons (Fsp3) is 0.158. The van der Waals surface area contributed by atoms with Crippen molar-refractivity contribution in [2.75, 3.05) is 13.7 Å². The Balaban J connectivity index is 1.89. The number of carbonyl (C=O) groups excluding carboxylic acids is 2. The zero-order valence-corrected chi connectivity index (χ0v) is 13.7. The molecule has 3 rings (SSSR count). The molecule has 0 saturated heterocycles. The Bertz CT molecular complexity index is 868. The molecule has 0 radical (unpaired) electrons. The van der Waals surface area contributed by atoms with E-state index >= 15 is 0 Å². The molecule has 0 bridgehead atoms. The van der Waals surface area contributed by atoms with Gasteiger partial charge in [-0.05, 0) is 42.3 Å². The van der Waals surface area contributed by atoms with Gasteiger partial charge in [0.1, 0.15) is 23.9 Å². The predicted molar refractivity (Wildman–Crippen MR) is 88.0 cm³/mol. The summed E-state index contributed by atoms with van der Waals surface area (Å²) in [4.78, 5) is 24.1. The van der Waals surface area contributed by atoms with Gasteiger partial charge in [-0.1, -0.05) is 12.1 Å². The van der Waals surface area contributed by atoms with Crippen LogP contribution in [0.25, 0.3) is 6.08 Å². The average Bonchev–Trinajstić information content (AvgIpc) is 2.86. The minimum absolute atomic E-state index is 0.130. The van der Waals surface area contributed by atoms with E-state index in [9.17, 15) is 14.0 Å². The first-order chi connectivity index (χ1) is 12.0. The van der Waals surface area contributed by atoms with Gasteiger partial charge in [0, 0.05) is 13.2 Å². The summed E-state index contributed by atoms with van der Waals surface area (Å²) in [5.41, 5.74) is 1.69. The number of fused-ring (bicyclic) bond motifs is 1. The van der Waals surface area contributed by atoms with Crippen LogP contribution in [0.4, 0.5) is 4.39 Å². The number of halogens is 1. The van der Waals surface area contributed by atoms with E-state index in [1.165, 1.54) is 31.4 Å². The number of ketones is 1. The van der Waals surface area contributed by atoms with Gasteiger partial charge in [-0.3, -0.25) is 4.79 Å². The van der Waals surface area contributed by atoms with E-state index in [1.807, 2.05) is 0 Å². The first-order valence-corrected chi connectivity index (χ1v) is 7.52. The van der Waals surface area contributed by atoms with E-state index in [-0.39, 0.29) is 29.7 Å². The highest BCUT2D eigenvalue weighted by Crippen LogP contribution is 2.37. The maximum atomic E-state index is 13.0. The molecule has 2 aromatic carbocycles. The Morgan fingerprint density at radius 1 is 1.24 bits per heavy atom. The van der Waals surface area contributed by atoms with Gasteiger partial charge in [-0.25, -0.2) is 9.18 Å². The summed E-state index contributed by atoms with van der Waals surface area (Å²) >= 11 is 0. The normalized spacial score (nSPS) is 14.4. The van der Waals surface area contributed by atoms with Crippen LogP contribution in [0.15, 0.2) is 42.2 Å². The second kappa shape index (κ2) is 6.86. The minimum Gasteiger partial charge on any atom is -0.452 e. The summed E-state index contributed by atoms with van der Waals surface area (Å²) in [6.07, 6.45) is 1.54. The van der Waals surface area contributed by atoms with Crippen molar-refractivity contribution in [3.8, 4) is 11.5 Å². The highest BCUT2D eigenvalue weighted by Gasteiger charge is 2.30. The summed E-state index contributed by atoms with van der Waals surface area (Å²) < 4.78 is 28.4. The number of benzene rings is 2. The van der Waals surface area contributed by atoms with Crippen molar-refractivity contribution < 1.29 is 28.2 Å². The lowest BCUT2D eigenvalue weighted by Crippen LogP contribution is -2.14. The predicted octanol–water partition coefficient (Wildman–Crippen LogP) is 3.30.